The van der Waals surface area contributed by atoms with Gasteiger partial charge in [0.1, 0.15) is 5.56 Å². The van der Waals surface area contributed by atoms with Gasteiger partial charge in [0, 0.05) is 5.75 Å². The molecule has 0 unspecified atom stereocenters. The van der Waals surface area contributed by atoms with Crippen LogP contribution in [0.25, 0.3) is 4.96 Å². The first kappa shape index (κ1) is 15.1. The first-order valence-corrected chi connectivity index (χ1v) is 8.54. The van der Waals surface area contributed by atoms with Crippen LogP contribution in [-0.2, 0) is 0 Å². The first-order valence-electron chi connectivity index (χ1n) is 6.74. The molecule has 2 aromatic rings. The van der Waals surface area contributed by atoms with Gasteiger partial charge < -0.3 is 0 Å². The summed E-state index contributed by atoms with van der Waals surface area (Å²) in [4.78, 5) is 16.7. The van der Waals surface area contributed by atoms with Gasteiger partial charge in [0.2, 0.25) is 4.96 Å². The molecule has 0 aromatic carbocycles. The third-order valence-corrected chi connectivity index (χ3v) is 5.04. The third-order valence-electron chi connectivity index (χ3n) is 2.90. The van der Waals surface area contributed by atoms with Crippen molar-refractivity contribution in [2.24, 2.45) is 0 Å². The van der Waals surface area contributed by atoms with Gasteiger partial charge in [-0.15, -0.1) is 11.5 Å². The molecule has 0 spiro atoms. The molecule has 0 amide bonds. The Bertz CT molecular complexity index is 669. The summed E-state index contributed by atoms with van der Waals surface area (Å²) in [6.45, 7) is 2.21. The van der Waals surface area contributed by atoms with Crippen LogP contribution in [0, 0.1) is 12.3 Å². The van der Waals surface area contributed by atoms with E-state index in [1.165, 1.54) is 54.2 Å². The fourth-order valence-electron chi connectivity index (χ4n) is 1.79. The molecule has 106 valence electrons. The molecule has 2 aromatic heterocycles. The molecule has 2 heterocycles. The topological polar surface area (TPSA) is 47.3 Å². The van der Waals surface area contributed by atoms with Crippen molar-refractivity contribution in [1.29, 1.82) is 0 Å². The minimum Gasteiger partial charge on any atom is -0.266 e. The molecule has 0 saturated carbocycles. The van der Waals surface area contributed by atoms with E-state index >= 15 is 0 Å². The Balaban J connectivity index is 1.97. The number of rotatable bonds is 7. The zero-order valence-electron chi connectivity index (χ0n) is 11.5. The number of terminal acetylenes is 1. The van der Waals surface area contributed by atoms with Crippen LogP contribution in [-0.4, -0.2) is 20.4 Å². The summed E-state index contributed by atoms with van der Waals surface area (Å²) in [5.41, 5.74) is -0.00698. The lowest BCUT2D eigenvalue weighted by Crippen LogP contribution is -2.17. The van der Waals surface area contributed by atoms with E-state index in [0.29, 0.717) is 4.96 Å². The average molecular weight is 307 g/mol. The summed E-state index contributed by atoms with van der Waals surface area (Å²) in [7, 11) is 0. The summed E-state index contributed by atoms with van der Waals surface area (Å²) < 4.78 is 2.18. The maximum atomic E-state index is 11.9. The van der Waals surface area contributed by atoms with Crippen molar-refractivity contribution in [3.05, 3.63) is 22.1 Å². The normalized spacial score (nSPS) is 10.8. The SMILES string of the molecule is C#Cc1cnc2sc(SCCCCCCC)nn2c1=O. The maximum absolute atomic E-state index is 11.9. The van der Waals surface area contributed by atoms with Crippen LogP contribution >= 0.6 is 23.1 Å². The lowest BCUT2D eigenvalue weighted by Gasteiger charge is -1.97. The molecule has 4 nitrogen and oxygen atoms in total. The molecule has 2 rings (SSSR count). The molecule has 6 heteroatoms. The Kier molecular flexibility index (Phi) is 5.62. The highest BCUT2D eigenvalue weighted by atomic mass is 32.2. The van der Waals surface area contributed by atoms with Gasteiger partial charge in [-0.2, -0.15) is 4.52 Å². The van der Waals surface area contributed by atoms with Crippen LogP contribution in [0.3, 0.4) is 0 Å². The number of fused-ring (bicyclic) bond motifs is 1. The third kappa shape index (κ3) is 3.62. The van der Waals surface area contributed by atoms with Gasteiger partial charge in [-0.25, -0.2) is 4.98 Å². The van der Waals surface area contributed by atoms with E-state index < -0.39 is 0 Å². The number of hydrogen-bond donors (Lipinski definition) is 0. The van der Waals surface area contributed by atoms with E-state index in [1.54, 1.807) is 11.8 Å². The number of thioether (sulfide) groups is 1. The Labute approximate surface area is 126 Å². The Morgan fingerprint density at radius 2 is 2.20 bits per heavy atom. The van der Waals surface area contributed by atoms with Crippen LogP contribution in [0.2, 0.25) is 0 Å². The van der Waals surface area contributed by atoms with E-state index in [9.17, 15) is 4.79 Å². The van der Waals surface area contributed by atoms with Gasteiger partial charge >= 0.3 is 0 Å². The molecule has 0 fully saturated rings. The highest BCUT2D eigenvalue weighted by molar-refractivity contribution is 8.01. The molecule has 0 aliphatic carbocycles. The number of nitrogens with zero attached hydrogens (tertiary/aromatic N) is 3. The monoisotopic (exact) mass is 307 g/mol. The molecule has 0 bridgehead atoms. The van der Waals surface area contributed by atoms with Crippen LogP contribution < -0.4 is 5.56 Å². The fourth-order valence-corrected chi connectivity index (χ4v) is 3.76. The quantitative estimate of drug-likeness (QED) is 0.448. The smallest absolute Gasteiger partial charge is 0.266 e. The summed E-state index contributed by atoms with van der Waals surface area (Å²) in [6, 6.07) is 0. The minimum absolute atomic E-state index is 0.254. The Hall–Kier alpha value is -1.32. The summed E-state index contributed by atoms with van der Waals surface area (Å²) in [5.74, 6) is 3.36. The van der Waals surface area contributed by atoms with Crippen LogP contribution in [0.15, 0.2) is 15.3 Å². The second-order valence-electron chi connectivity index (χ2n) is 4.45. The van der Waals surface area contributed by atoms with E-state index in [0.717, 1.165) is 10.1 Å². The maximum Gasteiger partial charge on any atom is 0.290 e. The van der Waals surface area contributed by atoms with Crippen molar-refractivity contribution < 1.29 is 0 Å². The lowest BCUT2D eigenvalue weighted by molar-refractivity contribution is 0.659. The number of hydrogen-bond acceptors (Lipinski definition) is 5. The van der Waals surface area contributed by atoms with Crippen molar-refractivity contribution in [3.8, 4) is 12.3 Å². The van der Waals surface area contributed by atoms with Gasteiger partial charge in [0.15, 0.2) is 4.34 Å². The molecule has 0 aliphatic heterocycles. The van der Waals surface area contributed by atoms with Gasteiger partial charge in [-0.1, -0.05) is 61.6 Å². The summed E-state index contributed by atoms with van der Waals surface area (Å²) in [6.07, 6.45) is 13.0. The highest BCUT2D eigenvalue weighted by Gasteiger charge is 2.09. The molecule has 0 N–H and O–H groups in total. The zero-order valence-corrected chi connectivity index (χ0v) is 13.1. The van der Waals surface area contributed by atoms with Crippen molar-refractivity contribution in [2.75, 3.05) is 5.75 Å². The van der Waals surface area contributed by atoms with Gasteiger partial charge in [-0.05, 0) is 6.42 Å². The van der Waals surface area contributed by atoms with Crippen molar-refractivity contribution in [2.45, 2.75) is 43.4 Å². The molecule has 0 saturated heterocycles. The van der Waals surface area contributed by atoms with Crippen LogP contribution in [0.5, 0.6) is 0 Å². The van der Waals surface area contributed by atoms with E-state index in [-0.39, 0.29) is 11.1 Å². The largest absolute Gasteiger partial charge is 0.290 e. The lowest BCUT2D eigenvalue weighted by atomic mass is 10.2. The second-order valence-corrected chi connectivity index (χ2v) is 6.74. The Morgan fingerprint density at radius 3 is 2.95 bits per heavy atom. The predicted molar refractivity (Wildman–Crippen MR) is 84.6 cm³/mol. The van der Waals surface area contributed by atoms with Gasteiger partial charge in [0.25, 0.3) is 5.56 Å². The summed E-state index contributed by atoms with van der Waals surface area (Å²) >= 11 is 3.12. The number of unbranched alkanes of at least 4 members (excludes halogenated alkanes) is 4. The fraction of sp³-hybridized carbons (Fsp3) is 0.500. The summed E-state index contributed by atoms with van der Waals surface area (Å²) in [5, 5.41) is 4.28. The Morgan fingerprint density at radius 1 is 1.40 bits per heavy atom. The first-order chi connectivity index (χ1) is 9.76. The molecule has 0 aliphatic rings. The van der Waals surface area contributed by atoms with Crippen molar-refractivity contribution in [3.63, 3.8) is 0 Å². The average Bonchev–Trinajstić information content (AvgIpc) is 2.87. The second kappa shape index (κ2) is 7.46. The molecular weight excluding hydrogens is 290 g/mol. The van der Waals surface area contributed by atoms with E-state index in [1.807, 2.05) is 0 Å². The minimum atomic E-state index is -0.261. The van der Waals surface area contributed by atoms with Gasteiger partial charge in [0.05, 0.1) is 6.20 Å². The molecule has 0 atom stereocenters. The molecular formula is C14H17N3OS2. The standard InChI is InChI=1S/C14H17N3OS2/c1-3-5-6-7-8-9-19-14-16-17-12(18)11(4-2)10-15-13(17)20-14/h2,10H,3,5-9H2,1H3. The number of aromatic nitrogens is 3. The van der Waals surface area contributed by atoms with E-state index in [4.69, 9.17) is 6.42 Å². The van der Waals surface area contributed by atoms with Crippen LogP contribution in [0.4, 0.5) is 0 Å². The molecule has 20 heavy (non-hydrogen) atoms. The highest BCUT2D eigenvalue weighted by Crippen LogP contribution is 2.24. The predicted octanol–water partition coefficient (Wildman–Crippen LogP) is 3.19. The molecule has 0 radical (unpaired) electrons. The zero-order chi connectivity index (χ0) is 14.4. The van der Waals surface area contributed by atoms with E-state index in [2.05, 4.69) is 22.9 Å². The van der Waals surface area contributed by atoms with Crippen molar-refractivity contribution >= 4 is 28.1 Å². The van der Waals surface area contributed by atoms with Gasteiger partial charge in [-0.3, -0.25) is 4.79 Å². The van der Waals surface area contributed by atoms with Crippen LogP contribution in [0.1, 0.15) is 44.6 Å². The van der Waals surface area contributed by atoms with Crippen molar-refractivity contribution in [1.82, 2.24) is 14.6 Å².